The van der Waals surface area contributed by atoms with Gasteiger partial charge in [0.05, 0.1) is 5.52 Å². The fraction of sp³-hybridized carbons (Fsp3) is 0.0476. The van der Waals surface area contributed by atoms with Crippen LogP contribution in [0.4, 0.5) is 5.82 Å². The van der Waals surface area contributed by atoms with E-state index in [9.17, 15) is 0 Å². The summed E-state index contributed by atoms with van der Waals surface area (Å²) in [5, 5.41) is 4.91. The van der Waals surface area contributed by atoms with E-state index in [2.05, 4.69) is 28.5 Å². The molecule has 0 spiro atoms. The summed E-state index contributed by atoms with van der Waals surface area (Å²) in [4.78, 5) is 9.44. The van der Waals surface area contributed by atoms with Gasteiger partial charge in [-0.2, -0.15) is 0 Å². The van der Waals surface area contributed by atoms with E-state index in [1.165, 1.54) is 0 Å². The molecule has 0 unspecified atom stereocenters. The SMILES string of the molecule is CNc1nc(-c2ccccc2)nc2cc(-c3ccc(Cl)cc3)ccc12. The van der Waals surface area contributed by atoms with Gasteiger partial charge in [-0.1, -0.05) is 60.1 Å². The molecule has 0 amide bonds. The molecule has 1 aromatic heterocycles. The topological polar surface area (TPSA) is 37.8 Å². The Hall–Kier alpha value is -2.91. The van der Waals surface area contributed by atoms with Gasteiger partial charge in [0.15, 0.2) is 5.82 Å². The molecule has 0 aliphatic heterocycles. The Morgan fingerprint density at radius 1 is 0.760 bits per heavy atom. The molecule has 3 aromatic carbocycles. The first-order chi connectivity index (χ1) is 12.2. The Morgan fingerprint density at radius 2 is 1.48 bits per heavy atom. The van der Waals surface area contributed by atoms with Crippen LogP contribution in [0.5, 0.6) is 0 Å². The van der Waals surface area contributed by atoms with Crippen molar-refractivity contribution in [3.63, 3.8) is 0 Å². The average molecular weight is 346 g/mol. The molecule has 4 aromatic rings. The fourth-order valence-corrected chi connectivity index (χ4v) is 2.98. The molecule has 0 atom stereocenters. The zero-order chi connectivity index (χ0) is 17.2. The number of rotatable bonds is 3. The Bertz CT molecular complexity index is 1030. The van der Waals surface area contributed by atoms with Crippen LogP contribution >= 0.6 is 11.6 Å². The van der Waals surface area contributed by atoms with Gasteiger partial charge in [-0.15, -0.1) is 0 Å². The lowest BCUT2D eigenvalue weighted by Crippen LogP contribution is -1.99. The van der Waals surface area contributed by atoms with Crippen LogP contribution in [0.2, 0.25) is 5.02 Å². The molecule has 1 heterocycles. The molecule has 4 heteroatoms. The maximum atomic E-state index is 5.99. The van der Waals surface area contributed by atoms with Crippen molar-refractivity contribution in [2.45, 2.75) is 0 Å². The average Bonchev–Trinajstić information content (AvgIpc) is 2.68. The highest BCUT2D eigenvalue weighted by molar-refractivity contribution is 6.30. The van der Waals surface area contributed by atoms with Crippen molar-refractivity contribution in [1.82, 2.24) is 9.97 Å². The summed E-state index contributed by atoms with van der Waals surface area (Å²) in [7, 11) is 1.88. The summed E-state index contributed by atoms with van der Waals surface area (Å²) in [5.41, 5.74) is 4.12. The zero-order valence-corrected chi connectivity index (χ0v) is 14.5. The van der Waals surface area contributed by atoms with E-state index >= 15 is 0 Å². The Balaban J connectivity index is 1.89. The van der Waals surface area contributed by atoms with Gasteiger partial charge in [-0.05, 0) is 35.4 Å². The largest absolute Gasteiger partial charge is 0.373 e. The molecule has 1 N–H and O–H groups in total. The molecule has 0 radical (unpaired) electrons. The Labute approximate surface area is 151 Å². The first-order valence-corrected chi connectivity index (χ1v) is 8.43. The second-order valence-electron chi connectivity index (χ2n) is 5.75. The first kappa shape index (κ1) is 15.6. The van der Waals surface area contributed by atoms with Crippen LogP contribution in [0.25, 0.3) is 33.4 Å². The fourth-order valence-electron chi connectivity index (χ4n) is 2.86. The van der Waals surface area contributed by atoms with Crippen molar-refractivity contribution >= 4 is 28.3 Å². The van der Waals surface area contributed by atoms with E-state index in [-0.39, 0.29) is 0 Å². The molecule has 0 fully saturated rings. The lowest BCUT2D eigenvalue weighted by Gasteiger charge is -2.10. The van der Waals surface area contributed by atoms with E-state index < -0.39 is 0 Å². The summed E-state index contributed by atoms with van der Waals surface area (Å²) in [6.07, 6.45) is 0. The highest BCUT2D eigenvalue weighted by Gasteiger charge is 2.10. The minimum absolute atomic E-state index is 0.714. The number of halogens is 1. The minimum atomic E-state index is 0.714. The van der Waals surface area contributed by atoms with Crippen molar-refractivity contribution < 1.29 is 0 Å². The minimum Gasteiger partial charge on any atom is -0.373 e. The summed E-state index contributed by atoms with van der Waals surface area (Å²) < 4.78 is 0. The van der Waals surface area contributed by atoms with Gasteiger partial charge in [-0.25, -0.2) is 9.97 Å². The van der Waals surface area contributed by atoms with Crippen molar-refractivity contribution in [3.8, 4) is 22.5 Å². The number of nitrogens with zero attached hydrogens (tertiary/aromatic N) is 2. The summed E-state index contributed by atoms with van der Waals surface area (Å²) in [5.74, 6) is 1.54. The maximum absolute atomic E-state index is 5.99. The van der Waals surface area contributed by atoms with Crippen LogP contribution in [0, 0.1) is 0 Å². The highest BCUT2D eigenvalue weighted by Crippen LogP contribution is 2.29. The van der Waals surface area contributed by atoms with E-state index in [4.69, 9.17) is 16.6 Å². The number of anilines is 1. The molecule has 0 saturated heterocycles. The standard InChI is InChI=1S/C21H16ClN3/c1-23-21-18-12-9-16(14-7-10-17(22)11-8-14)13-19(18)24-20(25-21)15-5-3-2-4-6-15/h2-13H,1H3,(H,23,24,25). The lowest BCUT2D eigenvalue weighted by molar-refractivity contribution is 1.21. The van der Waals surface area contributed by atoms with Crippen LogP contribution in [-0.4, -0.2) is 17.0 Å². The van der Waals surface area contributed by atoms with Gasteiger partial charge >= 0.3 is 0 Å². The number of nitrogens with one attached hydrogen (secondary N) is 1. The zero-order valence-electron chi connectivity index (χ0n) is 13.7. The van der Waals surface area contributed by atoms with Crippen LogP contribution in [-0.2, 0) is 0 Å². The van der Waals surface area contributed by atoms with Crippen molar-refractivity contribution in [2.75, 3.05) is 12.4 Å². The molecular weight excluding hydrogens is 330 g/mol. The van der Waals surface area contributed by atoms with Crippen molar-refractivity contribution in [1.29, 1.82) is 0 Å². The lowest BCUT2D eigenvalue weighted by atomic mass is 10.0. The molecule has 4 rings (SSSR count). The van der Waals surface area contributed by atoms with Gasteiger partial charge in [0.1, 0.15) is 5.82 Å². The molecule has 0 aliphatic carbocycles. The third-order valence-electron chi connectivity index (χ3n) is 4.14. The number of hydrogen-bond donors (Lipinski definition) is 1. The van der Waals surface area contributed by atoms with Crippen LogP contribution in [0.15, 0.2) is 72.8 Å². The summed E-state index contributed by atoms with van der Waals surface area (Å²) in [6, 6.07) is 24.1. The van der Waals surface area contributed by atoms with Crippen molar-refractivity contribution in [3.05, 3.63) is 77.8 Å². The second-order valence-corrected chi connectivity index (χ2v) is 6.19. The molecule has 0 bridgehead atoms. The molecule has 122 valence electrons. The van der Waals surface area contributed by atoms with Crippen LogP contribution in [0.3, 0.4) is 0 Å². The smallest absolute Gasteiger partial charge is 0.162 e. The number of hydrogen-bond acceptors (Lipinski definition) is 3. The Morgan fingerprint density at radius 3 is 2.20 bits per heavy atom. The van der Waals surface area contributed by atoms with Gasteiger partial charge in [-0.3, -0.25) is 0 Å². The number of benzene rings is 3. The molecular formula is C21H16ClN3. The van der Waals surface area contributed by atoms with Crippen LogP contribution < -0.4 is 5.32 Å². The third kappa shape index (κ3) is 3.06. The second kappa shape index (κ2) is 6.54. The molecule has 0 aliphatic rings. The van der Waals surface area contributed by atoms with E-state index in [1.54, 1.807) is 0 Å². The molecule has 25 heavy (non-hydrogen) atoms. The maximum Gasteiger partial charge on any atom is 0.162 e. The van der Waals surface area contributed by atoms with Gasteiger partial charge in [0, 0.05) is 23.0 Å². The quantitative estimate of drug-likeness (QED) is 0.520. The van der Waals surface area contributed by atoms with E-state index in [0.717, 1.165) is 38.4 Å². The van der Waals surface area contributed by atoms with E-state index in [0.29, 0.717) is 5.82 Å². The van der Waals surface area contributed by atoms with E-state index in [1.807, 2.05) is 61.6 Å². The normalized spacial score (nSPS) is 10.8. The Kier molecular flexibility index (Phi) is 4.08. The highest BCUT2D eigenvalue weighted by atomic mass is 35.5. The summed E-state index contributed by atoms with van der Waals surface area (Å²) >= 11 is 5.99. The molecule has 0 saturated carbocycles. The predicted molar refractivity (Wildman–Crippen MR) is 105 cm³/mol. The van der Waals surface area contributed by atoms with Gasteiger partial charge in [0.25, 0.3) is 0 Å². The first-order valence-electron chi connectivity index (χ1n) is 8.05. The van der Waals surface area contributed by atoms with Crippen molar-refractivity contribution in [2.24, 2.45) is 0 Å². The number of aromatic nitrogens is 2. The van der Waals surface area contributed by atoms with Crippen LogP contribution in [0.1, 0.15) is 0 Å². The molecule has 3 nitrogen and oxygen atoms in total. The van der Waals surface area contributed by atoms with Gasteiger partial charge < -0.3 is 5.32 Å². The van der Waals surface area contributed by atoms with Gasteiger partial charge in [0.2, 0.25) is 0 Å². The monoisotopic (exact) mass is 345 g/mol. The summed E-state index contributed by atoms with van der Waals surface area (Å²) in [6.45, 7) is 0. The third-order valence-corrected chi connectivity index (χ3v) is 4.40. The number of fused-ring (bicyclic) bond motifs is 1. The predicted octanol–water partition coefficient (Wildman–Crippen LogP) is 5.66.